The predicted octanol–water partition coefficient (Wildman–Crippen LogP) is 4.43. The Morgan fingerprint density at radius 3 is 2.43 bits per heavy atom. The highest BCUT2D eigenvalue weighted by atomic mass is 32.1. The number of nitrogens with zero attached hydrogens (tertiary/aromatic N) is 3. The number of aromatic nitrogens is 3. The molecule has 0 saturated heterocycles. The molecule has 5 rings (SSSR count). The summed E-state index contributed by atoms with van der Waals surface area (Å²) in [5.41, 5.74) is 4.82. The predicted molar refractivity (Wildman–Crippen MR) is 120 cm³/mol. The molecular weight excluding hydrogens is 392 g/mol. The van der Waals surface area contributed by atoms with Crippen LogP contribution in [0, 0.1) is 6.92 Å². The van der Waals surface area contributed by atoms with Gasteiger partial charge in [-0.3, -0.25) is 9.69 Å². The first-order chi connectivity index (χ1) is 14.7. The van der Waals surface area contributed by atoms with Crippen molar-refractivity contribution in [2.75, 3.05) is 6.54 Å². The van der Waals surface area contributed by atoms with Crippen LogP contribution in [0.3, 0.4) is 0 Å². The van der Waals surface area contributed by atoms with Crippen LogP contribution in [0.15, 0.2) is 65.5 Å². The molecule has 0 unspecified atom stereocenters. The zero-order valence-corrected chi connectivity index (χ0v) is 17.6. The van der Waals surface area contributed by atoms with Gasteiger partial charge in [0.05, 0.1) is 17.0 Å². The molecule has 1 N–H and O–H groups in total. The lowest BCUT2D eigenvalue weighted by molar-refractivity contribution is 0.243. The summed E-state index contributed by atoms with van der Waals surface area (Å²) >= 11 is 1.74. The first kappa shape index (κ1) is 18.9. The van der Waals surface area contributed by atoms with E-state index in [4.69, 9.17) is 9.97 Å². The molecule has 0 spiro atoms. The number of nitrogens with one attached hydrogen (secondary N) is 1. The van der Waals surface area contributed by atoms with Gasteiger partial charge in [-0.1, -0.05) is 60.7 Å². The normalized spacial score (nSPS) is 13.9. The number of H-pyrrole nitrogens is 1. The fourth-order valence-corrected chi connectivity index (χ4v) is 4.94. The molecule has 0 fully saturated rings. The number of aryl methyl sites for hydroxylation is 1. The Bertz CT molecular complexity index is 1230. The number of rotatable bonds is 4. The van der Waals surface area contributed by atoms with Gasteiger partial charge in [0.1, 0.15) is 10.8 Å². The Labute approximate surface area is 179 Å². The molecule has 0 atom stereocenters. The summed E-state index contributed by atoms with van der Waals surface area (Å²) in [6.07, 6.45) is 0.780. The summed E-state index contributed by atoms with van der Waals surface area (Å²) in [5, 5.41) is 1.05. The van der Waals surface area contributed by atoms with Crippen molar-refractivity contribution in [1.29, 1.82) is 0 Å². The summed E-state index contributed by atoms with van der Waals surface area (Å²) in [7, 11) is 0. The third-order valence-corrected chi connectivity index (χ3v) is 6.67. The van der Waals surface area contributed by atoms with E-state index in [0.29, 0.717) is 12.4 Å². The highest BCUT2D eigenvalue weighted by molar-refractivity contribution is 7.15. The molecule has 5 nitrogen and oxygen atoms in total. The van der Waals surface area contributed by atoms with Crippen molar-refractivity contribution in [2.24, 2.45) is 0 Å². The number of thiazole rings is 1. The second kappa shape index (κ2) is 7.97. The topological polar surface area (TPSA) is 61.9 Å². The molecule has 1 aliphatic heterocycles. The molecule has 0 aliphatic carbocycles. The minimum absolute atomic E-state index is 0.0328. The molecular formula is C24H22N4OS. The maximum atomic E-state index is 12.8. The van der Waals surface area contributed by atoms with Gasteiger partial charge in [-0.05, 0) is 6.92 Å². The Kier molecular flexibility index (Phi) is 5.02. The molecule has 30 heavy (non-hydrogen) atoms. The molecule has 1 aliphatic rings. The van der Waals surface area contributed by atoms with Crippen molar-refractivity contribution >= 4 is 11.3 Å². The van der Waals surface area contributed by atoms with Gasteiger partial charge in [0.25, 0.3) is 5.56 Å². The summed E-state index contributed by atoms with van der Waals surface area (Å²) in [6, 6.07) is 20.1. The molecule has 0 amide bonds. The highest BCUT2D eigenvalue weighted by Crippen LogP contribution is 2.29. The van der Waals surface area contributed by atoms with Gasteiger partial charge in [0, 0.05) is 42.1 Å². The lowest BCUT2D eigenvalue weighted by Crippen LogP contribution is -2.35. The fourth-order valence-electron chi connectivity index (χ4n) is 3.83. The van der Waals surface area contributed by atoms with Crippen LogP contribution in [-0.4, -0.2) is 26.4 Å². The first-order valence-electron chi connectivity index (χ1n) is 10.1. The second-order valence-corrected chi connectivity index (χ2v) is 8.64. The van der Waals surface area contributed by atoms with Gasteiger partial charge in [-0.15, -0.1) is 11.3 Å². The summed E-state index contributed by atoms with van der Waals surface area (Å²) in [4.78, 5) is 28.8. The second-order valence-electron chi connectivity index (χ2n) is 7.56. The summed E-state index contributed by atoms with van der Waals surface area (Å²) in [6.45, 7) is 4.37. The van der Waals surface area contributed by atoms with Crippen molar-refractivity contribution in [3.63, 3.8) is 0 Å². The summed E-state index contributed by atoms with van der Waals surface area (Å²) in [5.74, 6) is 0.651. The number of benzene rings is 2. The van der Waals surface area contributed by atoms with Crippen LogP contribution in [0.1, 0.15) is 21.8 Å². The molecule has 4 aromatic rings. The lowest BCUT2D eigenvalue weighted by Gasteiger charge is -2.27. The van der Waals surface area contributed by atoms with Crippen molar-refractivity contribution in [1.82, 2.24) is 19.9 Å². The smallest absolute Gasteiger partial charge is 0.255 e. The van der Waals surface area contributed by atoms with Crippen molar-refractivity contribution in [3.05, 3.63) is 92.8 Å². The number of aromatic amines is 1. The molecule has 3 heterocycles. The Morgan fingerprint density at radius 2 is 1.70 bits per heavy atom. The standard InChI is InChI=1S/C24H22N4OS/c1-16-21(30-24(25-16)18-10-6-3-7-11-18)15-28-13-12-20-19(14-28)23(29)27-22(26-20)17-8-4-2-5-9-17/h2-11H,12-15H2,1H3,(H,26,27,29). The average molecular weight is 415 g/mol. The van der Waals surface area contributed by atoms with Gasteiger partial charge in [0.2, 0.25) is 0 Å². The van der Waals surface area contributed by atoms with E-state index >= 15 is 0 Å². The van der Waals surface area contributed by atoms with E-state index in [2.05, 4.69) is 28.9 Å². The molecule has 0 saturated carbocycles. The van der Waals surface area contributed by atoms with E-state index in [1.54, 1.807) is 11.3 Å². The maximum Gasteiger partial charge on any atom is 0.255 e. The molecule has 0 radical (unpaired) electrons. The monoisotopic (exact) mass is 414 g/mol. The molecule has 6 heteroatoms. The van der Waals surface area contributed by atoms with E-state index in [1.165, 1.54) is 4.88 Å². The molecule has 2 aromatic carbocycles. The highest BCUT2D eigenvalue weighted by Gasteiger charge is 2.23. The van der Waals surface area contributed by atoms with Crippen LogP contribution in [0.4, 0.5) is 0 Å². The van der Waals surface area contributed by atoms with Crippen LogP contribution in [0.5, 0.6) is 0 Å². The van der Waals surface area contributed by atoms with Crippen molar-refractivity contribution in [2.45, 2.75) is 26.4 Å². The fraction of sp³-hybridized carbons (Fsp3) is 0.208. The van der Waals surface area contributed by atoms with Crippen LogP contribution in [0.2, 0.25) is 0 Å². The van der Waals surface area contributed by atoms with E-state index in [0.717, 1.165) is 52.6 Å². The quantitative estimate of drug-likeness (QED) is 0.537. The maximum absolute atomic E-state index is 12.8. The number of hydrogen-bond donors (Lipinski definition) is 1. The van der Waals surface area contributed by atoms with E-state index in [-0.39, 0.29) is 5.56 Å². The Morgan fingerprint density at radius 1 is 1.00 bits per heavy atom. The van der Waals surface area contributed by atoms with Crippen LogP contribution < -0.4 is 5.56 Å². The van der Waals surface area contributed by atoms with Gasteiger partial charge in [0.15, 0.2) is 0 Å². The average Bonchev–Trinajstić information content (AvgIpc) is 3.15. The third-order valence-electron chi connectivity index (χ3n) is 5.48. The minimum Gasteiger partial charge on any atom is -0.306 e. The molecule has 2 aromatic heterocycles. The van der Waals surface area contributed by atoms with Crippen molar-refractivity contribution < 1.29 is 0 Å². The van der Waals surface area contributed by atoms with Gasteiger partial charge >= 0.3 is 0 Å². The minimum atomic E-state index is -0.0328. The van der Waals surface area contributed by atoms with Gasteiger partial charge in [-0.25, -0.2) is 9.97 Å². The largest absolute Gasteiger partial charge is 0.306 e. The van der Waals surface area contributed by atoms with E-state index < -0.39 is 0 Å². The zero-order chi connectivity index (χ0) is 20.5. The lowest BCUT2D eigenvalue weighted by atomic mass is 10.1. The number of hydrogen-bond acceptors (Lipinski definition) is 5. The van der Waals surface area contributed by atoms with Gasteiger partial charge < -0.3 is 4.98 Å². The Balaban J connectivity index is 1.37. The molecule has 150 valence electrons. The SMILES string of the molecule is Cc1nc(-c2ccccc2)sc1CN1CCc2nc(-c3ccccc3)[nH]c(=O)c2C1. The zero-order valence-electron chi connectivity index (χ0n) is 16.8. The van der Waals surface area contributed by atoms with Crippen LogP contribution >= 0.6 is 11.3 Å². The van der Waals surface area contributed by atoms with Crippen molar-refractivity contribution in [3.8, 4) is 22.0 Å². The van der Waals surface area contributed by atoms with Crippen LogP contribution in [-0.2, 0) is 19.5 Å². The first-order valence-corrected chi connectivity index (χ1v) is 10.9. The Hall–Kier alpha value is -3.09. The van der Waals surface area contributed by atoms with Gasteiger partial charge in [-0.2, -0.15) is 0 Å². The third kappa shape index (κ3) is 3.72. The van der Waals surface area contributed by atoms with E-state index in [9.17, 15) is 4.79 Å². The van der Waals surface area contributed by atoms with E-state index in [1.807, 2.05) is 48.5 Å². The number of fused-ring (bicyclic) bond motifs is 1. The van der Waals surface area contributed by atoms with Crippen LogP contribution in [0.25, 0.3) is 22.0 Å². The summed E-state index contributed by atoms with van der Waals surface area (Å²) < 4.78 is 0. The molecule has 0 bridgehead atoms.